The monoisotopic (exact) mass is 727 g/mol. The Balaban J connectivity index is 1.73. The highest BCUT2D eigenvalue weighted by atomic mass is 16.7. The van der Waals surface area contributed by atoms with Crippen molar-refractivity contribution in [2.75, 3.05) is 27.7 Å². The van der Waals surface area contributed by atoms with Gasteiger partial charge < -0.3 is 33.7 Å². The molecule has 0 aliphatic carbocycles. The predicted molar refractivity (Wildman–Crippen MR) is 198 cm³/mol. The fraction of sp³-hybridized carbons (Fsp3) is 0.675. The summed E-state index contributed by atoms with van der Waals surface area (Å²) >= 11 is 0. The zero-order valence-electron chi connectivity index (χ0n) is 32.8. The van der Waals surface area contributed by atoms with Crippen molar-refractivity contribution in [2.24, 2.45) is 17.8 Å². The first-order chi connectivity index (χ1) is 24.5. The Labute approximate surface area is 309 Å². The van der Waals surface area contributed by atoms with Crippen molar-refractivity contribution >= 4 is 23.9 Å². The number of esters is 1. The number of cyclic esters (lactones) is 1. The summed E-state index contributed by atoms with van der Waals surface area (Å²) in [4.78, 5) is 43.9. The van der Waals surface area contributed by atoms with E-state index >= 15 is 0 Å². The molecule has 1 amide bonds. The van der Waals surface area contributed by atoms with Crippen LogP contribution in [-0.4, -0.2) is 115 Å². The lowest BCUT2D eigenvalue weighted by Crippen LogP contribution is -2.60. The van der Waals surface area contributed by atoms with Gasteiger partial charge in [-0.05, 0) is 66.6 Å². The number of aliphatic hydroxyl groups excluding tert-OH is 1. The van der Waals surface area contributed by atoms with Gasteiger partial charge in [-0.3, -0.25) is 4.79 Å². The number of amides is 1. The summed E-state index contributed by atoms with van der Waals surface area (Å²) in [5.41, 5.74) is 2.09. The number of hydrogen-bond donors (Lipinski definition) is 2. The third kappa shape index (κ3) is 8.97. The summed E-state index contributed by atoms with van der Waals surface area (Å²) < 4.78 is 31.3. The molecule has 12 nitrogen and oxygen atoms in total. The number of benzene rings is 1. The molecule has 52 heavy (non-hydrogen) atoms. The number of hydrazine groups is 1. The maximum atomic E-state index is 14.6. The molecule has 4 rings (SSSR count). The van der Waals surface area contributed by atoms with E-state index in [1.54, 1.807) is 34.0 Å². The summed E-state index contributed by atoms with van der Waals surface area (Å²) in [6, 6.07) is 8.76. The average molecular weight is 728 g/mol. The van der Waals surface area contributed by atoms with Crippen molar-refractivity contribution in [1.82, 2.24) is 15.3 Å². The molecule has 0 radical (unpaired) electrons. The second-order valence-electron chi connectivity index (χ2n) is 15.5. The van der Waals surface area contributed by atoms with E-state index in [1.807, 2.05) is 96.1 Å². The number of rotatable bonds is 9. The third-order valence-corrected chi connectivity index (χ3v) is 11.2. The molecule has 1 aromatic carbocycles. The van der Waals surface area contributed by atoms with Crippen molar-refractivity contribution in [1.29, 1.82) is 0 Å². The molecule has 3 heterocycles. The fourth-order valence-electron chi connectivity index (χ4n) is 8.35. The Morgan fingerprint density at radius 3 is 2.38 bits per heavy atom. The Kier molecular flexibility index (Phi) is 13.9. The van der Waals surface area contributed by atoms with Crippen LogP contribution in [0.1, 0.15) is 80.2 Å². The largest absolute Gasteiger partial charge is 0.455 e. The van der Waals surface area contributed by atoms with Crippen LogP contribution in [0, 0.1) is 17.8 Å². The normalized spacial score (nSPS) is 39.1. The van der Waals surface area contributed by atoms with Gasteiger partial charge in [0.15, 0.2) is 11.9 Å². The van der Waals surface area contributed by atoms with E-state index in [1.165, 1.54) is 5.01 Å². The minimum atomic E-state index is -1.35. The second kappa shape index (κ2) is 17.3. The van der Waals surface area contributed by atoms with Crippen LogP contribution in [0.3, 0.4) is 0 Å². The van der Waals surface area contributed by atoms with Crippen LogP contribution in [0.15, 0.2) is 48.1 Å². The van der Waals surface area contributed by atoms with Gasteiger partial charge in [0.25, 0.3) is 0 Å². The molecular weight excluding hydrogens is 666 g/mol. The number of methoxy groups -OCH3 is 1. The molecule has 0 saturated carbocycles. The van der Waals surface area contributed by atoms with Crippen LogP contribution < -0.4 is 5.43 Å². The van der Waals surface area contributed by atoms with Crippen LogP contribution in [0.25, 0.3) is 6.08 Å². The van der Waals surface area contributed by atoms with Crippen molar-refractivity contribution < 1.29 is 43.2 Å². The number of aliphatic hydroxyl groups is 1. The van der Waals surface area contributed by atoms with Crippen molar-refractivity contribution in [3.63, 3.8) is 0 Å². The Morgan fingerprint density at radius 2 is 1.77 bits per heavy atom. The molecule has 290 valence electrons. The molecule has 3 aliphatic rings. The summed E-state index contributed by atoms with van der Waals surface area (Å²) in [7, 11) is 5.39. The molecule has 2 fully saturated rings. The third-order valence-electron chi connectivity index (χ3n) is 11.2. The van der Waals surface area contributed by atoms with Gasteiger partial charge in [-0.15, -0.1) is 0 Å². The van der Waals surface area contributed by atoms with Crippen LogP contribution in [0.4, 0.5) is 4.79 Å². The number of likely N-dealkylation sites (N-methyl/N-ethyl adjacent to an activating group) is 1. The molecule has 12 heteroatoms. The lowest BCUT2D eigenvalue weighted by atomic mass is 9.74. The average Bonchev–Trinajstić information content (AvgIpc) is 3.36. The number of carbonyl (C=O) groups is 3. The van der Waals surface area contributed by atoms with E-state index < -0.39 is 71.7 Å². The molecule has 2 saturated heterocycles. The van der Waals surface area contributed by atoms with E-state index in [-0.39, 0.29) is 30.9 Å². The van der Waals surface area contributed by atoms with Gasteiger partial charge >= 0.3 is 12.1 Å². The number of nitrogens with one attached hydrogen (secondary N) is 1. The first-order valence-electron chi connectivity index (χ1n) is 18.6. The second-order valence-corrected chi connectivity index (χ2v) is 15.5. The lowest BCUT2D eigenvalue weighted by molar-refractivity contribution is -0.294. The van der Waals surface area contributed by atoms with Crippen molar-refractivity contribution in [3.05, 3.63) is 53.6 Å². The van der Waals surface area contributed by atoms with Crippen LogP contribution in [0.2, 0.25) is 0 Å². The van der Waals surface area contributed by atoms with E-state index in [0.29, 0.717) is 18.4 Å². The summed E-state index contributed by atoms with van der Waals surface area (Å²) in [5, 5.41) is 12.8. The molecule has 2 N–H and O–H groups in total. The summed E-state index contributed by atoms with van der Waals surface area (Å²) in [6.45, 7) is 14.9. The van der Waals surface area contributed by atoms with Gasteiger partial charge in [-0.1, -0.05) is 76.3 Å². The maximum absolute atomic E-state index is 14.6. The minimum absolute atomic E-state index is 0.115. The minimum Gasteiger partial charge on any atom is -0.455 e. The number of Topliss-reactive ketones (excluding diaryl/α,β-unsaturated/α-hetero) is 1. The van der Waals surface area contributed by atoms with E-state index in [4.69, 9.17) is 23.7 Å². The highest BCUT2D eigenvalue weighted by Crippen LogP contribution is 2.42. The number of fused-ring (bicyclic) bond motifs is 1. The van der Waals surface area contributed by atoms with Crippen LogP contribution in [-0.2, 0) is 33.3 Å². The Bertz CT molecular complexity index is 1450. The molecule has 12 atom stereocenters. The molecule has 1 aromatic rings. The SMILES string of the molecule is CC[C@H]1OC(=O)/C(C)=C/[C@H](C)[C@@H](O[C@@H]2O[C@H](C)C[C@H](N(C)C)[C@H]2O)[C@](C)(OC)C[C@@H](C)C(=O)[C@@H](C)[C@H]2N(NC/C=C/c3ccccc3)C(=O)O[C@]12C. The van der Waals surface area contributed by atoms with E-state index in [0.717, 1.165) is 5.56 Å². The standard InChI is InChI=1S/C40H61N3O9/c1-12-31-40(8)34(43(38(47)52-40)41-20-16-19-29-17-14-13-15-18-29)28(6)32(44)26(4)23-39(7,48-11)35(24(2)21-25(3)36(46)50-31)51-37-33(45)30(42(9)10)22-27(5)49-37/h13-19,21,24,26-28,30-31,33-35,37,41,45H,12,20,22-23H2,1-11H3/b19-16+,25-21+/t24-,26+,27+,28+,30-,31+,33+,34+,35+,37-,39+,40+/m0/s1. The summed E-state index contributed by atoms with van der Waals surface area (Å²) in [5.74, 6) is -2.44. The topological polar surface area (TPSA) is 136 Å². The number of carbonyl (C=O) groups excluding carboxylic acids is 3. The zero-order valence-corrected chi connectivity index (χ0v) is 32.8. The molecule has 3 aliphatic heterocycles. The first-order valence-corrected chi connectivity index (χ1v) is 18.6. The molecule has 0 aromatic heterocycles. The fourth-order valence-corrected chi connectivity index (χ4v) is 8.35. The summed E-state index contributed by atoms with van der Waals surface area (Å²) in [6.07, 6.45) is 2.43. The van der Waals surface area contributed by atoms with Gasteiger partial charge in [-0.2, -0.15) is 0 Å². The van der Waals surface area contributed by atoms with Gasteiger partial charge in [0.1, 0.15) is 24.0 Å². The molecule has 0 bridgehead atoms. The lowest BCUT2D eigenvalue weighted by Gasteiger charge is -2.46. The number of hydrogen-bond acceptors (Lipinski definition) is 11. The molecule has 0 unspecified atom stereocenters. The number of ether oxygens (including phenoxy) is 5. The molecular formula is C40H61N3O9. The smallest absolute Gasteiger partial charge is 0.425 e. The Hall–Kier alpha value is -3.13. The highest BCUT2D eigenvalue weighted by molar-refractivity contribution is 5.88. The van der Waals surface area contributed by atoms with Crippen LogP contribution in [0.5, 0.6) is 0 Å². The first kappa shape index (κ1) is 41.6. The maximum Gasteiger partial charge on any atom is 0.425 e. The number of nitrogens with zero attached hydrogens (tertiary/aromatic N) is 2. The van der Waals surface area contributed by atoms with Crippen molar-refractivity contribution in [2.45, 2.75) is 129 Å². The van der Waals surface area contributed by atoms with Gasteiger partial charge in [-0.25, -0.2) is 20.0 Å². The van der Waals surface area contributed by atoms with Crippen LogP contribution >= 0.6 is 0 Å². The number of ketones is 1. The van der Waals surface area contributed by atoms with Crippen molar-refractivity contribution in [3.8, 4) is 0 Å². The highest BCUT2D eigenvalue weighted by Gasteiger charge is 2.60. The van der Waals surface area contributed by atoms with E-state index in [2.05, 4.69) is 5.43 Å². The van der Waals surface area contributed by atoms with E-state index in [9.17, 15) is 19.5 Å². The Morgan fingerprint density at radius 1 is 1.10 bits per heavy atom. The molecule has 0 spiro atoms. The zero-order chi connectivity index (χ0) is 38.5. The van der Waals surface area contributed by atoms with Gasteiger partial charge in [0, 0.05) is 43.0 Å². The van der Waals surface area contributed by atoms with Gasteiger partial charge in [0.2, 0.25) is 0 Å². The quantitative estimate of drug-likeness (QED) is 0.327. The predicted octanol–water partition coefficient (Wildman–Crippen LogP) is 5.15. The van der Waals surface area contributed by atoms with Gasteiger partial charge in [0.05, 0.1) is 17.8 Å².